The first-order valence-corrected chi connectivity index (χ1v) is 19.5. The Labute approximate surface area is 305 Å². The molecule has 2 aliphatic rings. The first-order valence-electron chi connectivity index (χ1n) is 18.1. The van der Waals surface area contributed by atoms with Crippen LogP contribution in [0.2, 0.25) is 0 Å². The minimum Gasteiger partial charge on any atom is -0.378 e. The van der Waals surface area contributed by atoms with Crippen molar-refractivity contribution < 1.29 is 31.8 Å². The number of carbonyl (C=O) groups excluding carboxylic acids is 1. The minimum absolute atomic E-state index is 0.0122. The largest absolute Gasteiger partial charge is 0.378 e. The molecule has 10 nitrogen and oxygen atoms in total. The van der Waals surface area contributed by atoms with Gasteiger partial charge in [-0.25, -0.2) is 0 Å². The van der Waals surface area contributed by atoms with Gasteiger partial charge in [-0.1, -0.05) is 50.3 Å². The van der Waals surface area contributed by atoms with Gasteiger partial charge in [0.1, 0.15) is 6.54 Å². The summed E-state index contributed by atoms with van der Waals surface area (Å²) < 4.78 is 47.0. The Kier molecular flexibility index (Phi) is 14.4. The molecule has 2 aliphatic heterocycles. The number of allylic oxidation sites excluding steroid dienone is 6. The monoisotopic (exact) mass is 721 g/mol. The van der Waals surface area contributed by atoms with Crippen LogP contribution in [0.5, 0.6) is 0 Å². The quantitative estimate of drug-likeness (QED) is 0.0655. The van der Waals surface area contributed by atoms with Crippen molar-refractivity contribution >= 4 is 33.1 Å². The predicted octanol–water partition coefficient (Wildman–Crippen LogP) is 6.05. The van der Waals surface area contributed by atoms with Crippen LogP contribution in [0.15, 0.2) is 83.4 Å². The van der Waals surface area contributed by atoms with E-state index < -0.39 is 15.5 Å². The third-order valence-corrected chi connectivity index (χ3v) is 10.6. The lowest BCUT2D eigenvalue weighted by atomic mass is 9.81. The van der Waals surface area contributed by atoms with Crippen molar-refractivity contribution in [2.45, 2.75) is 76.0 Å². The fourth-order valence-electron chi connectivity index (χ4n) is 6.97. The standard InChI is InChI=1S/C40H56N4O6S/c1-7-43-34-17-14-13-16-32(34)39(2,3)36(43)18-10-8-11-19-37-40(4,5)33-30-31(51(46,47)48)21-22-35(33)44(37)25-15-9-12-20-38(45)42-24-27-50-29-28-49-26-23-41-6/h8,10-11,13-14,16-19,21-22,30,41H,7,9,12,15,20,23-29H2,1-6H3,(H-,42,45,46,47,48)/p+1. The van der Waals surface area contributed by atoms with Crippen LogP contribution < -0.4 is 15.5 Å². The fraction of sp³-hybridized carbons (Fsp3) is 0.500. The number of para-hydroxylation sites is 1. The number of nitrogens with zero attached hydrogens (tertiary/aromatic N) is 2. The maximum atomic E-state index is 12.4. The van der Waals surface area contributed by atoms with E-state index in [2.05, 4.69) is 97.2 Å². The van der Waals surface area contributed by atoms with E-state index in [1.54, 1.807) is 12.1 Å². The zero-order valence-corrected chi connectivity index (χ0v) is 32.0. The molecular formula is C40H57N4O6S+. The van der Waals surface area contributed by atoms with Crippen molar-refractivity contribution in [3.05, 3.63) is 89.7 Å². The second-order valence-corrected chi connectivity index (χ2v) is 15.4. The highest BCUT2D eigenvalue weighted by atomic mass is 32.2. The van der Waals surface area contributed by atoms with Gasteiger partial charge in [0.25, 0.3) is 10.1 Å². The number of fused-ring (bicyclic) bond motifs is 2. The summed E-state index contributed by atoms with van der Waals surface area (Å²) in [5.74, 6) is 0.0122. The number of likely N-dealkylation sites (N-methyl/N-ethyl adjacent to an activating group) is 2. The number of benzene rings is 2. The molecule has 51 heavy (non-hydrogen) atoms. The molecular weight excluding hydrogens is 665 g/mol. The molecule has 0 bridgehead atoms. The minimum atomic E-state index is -4.35. The van der Waals surface area contributed by atoms with E-state index >= 15 is 0 Å². The molecule has 3 N–H and O–H groups in total. The molecule has 0 fully saturated rings. The van der Waals surface area contributed by atoms with E-state index in [4.69, 9.17) is 9.47 Å². The van der Waals surface area contributed by atoms with Gasteiger partial charge < -0.3 is 25.0 Å². The highest BCUT2D eigenvalue weighted by molar-refractivity contribution is 7.85. The molecule has 278 valence electrons. The Morgan fingerprint density at radius 3 is 2.33 bits per heavy atom. The van der Waals surface area contributed by atoms with Crippen molar-refractivity contribution in [3.63, 3.8) is 0 Å². The topological polar surface area (TPSA) is 120 Å². The second-order valence-electron chi connectivity index (χ2n) is 14.0. The Morgan fingerprint density at radius 2 is 1.63 bits per heavy atom. The van der Waals surface area contributed by atoms with E-state index in [0.29, 0.717) is 45.9 Å². The molecule has 2 heterocycles. The van der Waals surface area contributed by atoms with Gasteiger partial charge in [-0.2, -0.15) is 13.0 Å². The van der Waals surface area contributed by atoms with Gasteiger partial charge in [-0.15, -0.1) is 0 Å². The number of anilines is 1. The van der Waals surface area contributed by atoms with Crippen LogP contribution in [0.1, 0.15) is 71.4 Å². The van der Waals surface area contributed by atoms with Crippen LogP contribution in [0.3, 0.4) is 0 Å². The summed E-state index contributed by atoms with van der Waals surface area (Å²) in [4.78, 5) is 14.6. The maximum absolute atomic E-state index is 12.4. The van der Waals surface area contributed by atoms with Gasteiger partial charge >= 0.3 is 0 Å². The summed E-state index contributed by atoms with van der Waals surface area (Å²) in [6, 6.07) is 13.4. The molecule has 0 saturated heterocycles. The van der Waals surface area contributed by atoms with Crippen LogP contribution >= 0.6 is 0 Å². The molecule has 11 heteroatoms. The number of rotatable bonds is 20. The van der Waals surface area contributed by atoms with E-state index in [0.717, 1.165) is 49.3 Å². The molecule has 0 saturated carbocycles. The fourth-order valence-corrected chi connectivity index (χ4v) is 7.48. The Hall–Kier alpha value is -3.61. The SMILES string of the molecule is CCN1\C(=C/C=C/C=C/C2=[N+](CCCCCC(=O)NCCOCCOCCNC)c3ccc(S(=O)(=O)O)cc3C2(C)C)C(C)(C)c2ccccc21. The van der Waals surface area contributed by atoms with Gasteiger partial charge in [-0.05, 0) is 70.5 Å². The van der Waals surface area contributed by atoms with Gasteiger partial charge in [0.2, 0.25) is 11.6 Å². The first-order chi connectivity index (χ1) is 24.3. The zero-order valence-electron chi connectivity index (χ0n) is 31.2. The lowest BCUT2D eigenvalue weighted by Crippen LogP contribution is -2.28. The summed E-state index contributed by atoms with van der Waals surface area (Å²) in [6.45, 7) is 15.8. The normalized spacial score (nSPS) is 17.2. The average molecular weight is 722 g/mol. The van der Waals surface area contributed by atoms with Crippen LogP contribution in [-0.2, 0) is 35.2 Å². The molecule has 2 aromatic rings. The number of carbonyl (C=O) groups is 1. The smallest absolute Gasteiger partial charge is 0.294 e. The van der Waals surface area contributed by atoms with E-state index in [9.17, 15) is 17.8 Å². The predicted molar refractivity (Wildman–Crippen MR) is 205 cm³/mol. The summed E-state index contributed by atoms with van der Waals surface area (Å²) in [7, 11) is -2.47. The van der Waals surface area contributed by atoms with Crippen molar-refractivity contribution in [2.75, 3.05) is 64.6 Å². The summed E-state index contributed by atoms with van der Waals surface area (Å²) in [6.07, 6.45) is 13.4. The number of unbranched alkanes of at least 4 members (excludes halogenated alkanes) is 2. The van der Waals surface area contributed by atoms with E-state index in [1.165, 1.54) is 23.0 Å². The van der Waals surface area contributed by atoms with Crippen LogP contribution in [0.4, 0.5) is 11.4 Å². The molecule has 2 aromatic carbocycles. The number of amides is 1. The summed E-state index contributed by atoms with van der Waals surface area (Å²) in [5.41, 5.74) is 6.02. The third-order valence-electron chi connectivity index (χ3n) is 9.73. The number of ether oxygens (including phenoxy) is 2. The molecule has 0 spiro atoms. The lowest BCUT2D eigenvalue weighted by molar-refractivity contribution is -0.438. The van der Waals surface area contributed by atoms with Crippen LogP contribution in [0, 0.1) is 0 Å². The molecule has 0 aliphatic carbocycles. The van der Waals surface area contributed by atoms with Gasteiger partial charge in [0.05, 0.1) is 36.7 Å². The lowest BCUT2D eigenvalue weighted by Gasteiger charge is -2.25. The number of hydrogen-bond acceptors (Lipinski definition) is 7. The van der Waals surface area contributed by atoms with Crippen LogP contribution in [-0.4, -0.2) is 88.8 Å². The van der Waals surface area contributed by atoms with Gasteiger partial charge in [0.15, 0.2) is 5.71 Å². The van der Waals surface area contributed by atoms with E-state index in [1.807, 2.05) is 19.2 Å². The van der Waals surface area contributed by atoms with Crippen molar-refractivity contribution in [2.24, 2.45) is 0 Å². The Bertz CT molecular complexity index is 1740. The molecule has 4 rings (SSSR count). The first kappa shape index (κ1) is 40.2. The van der Waals surface area contributed by atoms with Crippen LogP contribution in [0.25, 0.3) is 0 Å². The van der Waals surface area contributed by atoms with Crippen molar-refractivity contribution in [1.82, 2.24) is 10.6 Å². The number of hydrogen-bond donors (Lipinski definition) is 3. The molecule has 0 atom stereocenters. The molecule has 1 amide bonds. The Balaban J connectivity index is 1.39. The third kappa shape index (κ3) is 10.0. The van der Waals surface area contributed by atoms with Crippen molar-refractivity contribution in [1.29, 1.82) is 0 Å². The Morgan fingerprint density at radius 1 is 0.902 bits per heavy atom. The van der Waals surface area contributed by atoms with Gasteiger partial charge in [0, 0.05) is 67.0 Å². The second kappa shape index (κ2) is 18.2. The highest BCUT2D eigenvalue weighted by Gasteiger charge is 2.45. The zero-order chi connectivity index (χ0) is 37.1. The van der Waals surface area contributed by atoms with Crippen molar-refractivity contribution in [3.8, 4) is 0 Å². The van der Waals surface area contributed by atoms with E-state index in [-0.39, 0.29) is 16.2 Å². The summed E-state index contributed by atoms with van der Waals surface area (Å²) in [5, 5.41) is 5.94. The summed E-state index contributed by atoms with van der Waals surface area (Å²) >= 11 is 0. The average Bonchev–Trinajstić information content (AvgIpc) is 3.44. The van der Waals surface area contributed by atoms with Gasteiger partial charge in [-0.3, -0.25) is 9.35 Å². The molecule has 0 radical (unpaired) electrons. The maximum Gasteiger partial charge on any atom is 0.294 e. The highest BCUT2D eigenvalue weighted by Crippen LogP contribution is 2.47. The number of nitrogens with one attached hydrogen (secondary N) is 2. The molecule has 0 aromatic heterocycles. The molecule has 0 unspecified atom stereocenters.